The van der Waals surface area contributed by atoms with Crippen molar-refractivity contribution in [1.82, 2.24) is 9.78 Å². The highest BCUT2D eigenvalue weighted by Crippen LogP contribution is 2.31. The normalized spacial score (nSPS) is 14.4. The minimum absolute atomic E-state index is 0.464. The zero-order valence-corrected chi connectivity index (χ0v) is 13.5. The maximum Gasteiger partial charge on any atom is 0.0924 e. The molecule has 0 aliphatic heterocycles. The van der Waals surface area contributed by atoms with Gasteiger partial charge in [-0.3, -0.25) is 4.68 Å². The maximum absolute atomic E-state index is 10.7. The summed E-state index contributed by atoms with van der Waals surface area (Å²) in [5.74, 6) is 0. The highest BCUT2D eigenvalue weighted by molar-refractivity contribution is 9.10. The number of aryl methyl sites for hydroxylation is 2. The van der Waals surface area contributed by atoms with Crippen LogP contribution >= 0.6 is 27.5 Å². The van der Waals surface area contributed by atoms with E-state index < -0.39 is 5.60 Å². The van der Waals surface area contributed by atoms with Crippen molar-refractivity contribution >= 4 is 27.5 Å². The Kier molecular flexibility index (Phi) is 4.04. The number of aliphatic hydroxyl groups is 1. The molecule has 1 heterocycles. The second kappa shape index (κ2) is 5.27. The summed E-state index contributed by atoms with van der Waals surface area (Å²) < 4.78 is 2.73. The Hall–Kier alpha value is -0.840. The van der Waals surface area contributed by atoms with Crippen LogP contribution in [0.4, 0.5) is 0 Å². The molecule has 0 saturated heterocycles. The zero-order chi connectivity index (χ0) is 14.2. The number of halogens is 2. The van der Waals surface area contributed by atoms with Crippen LogP contribution in [0.1, 0.15) is 23.9 Å². The summed E-state index contributed by atoms with van der Waals surface area (Å²) in [7, 11) is 1.88. The summed E-state index contributed by atoms with van der Waals surface area (Å²) in [4.78, 5) is 0. The topological polar surface area (TPSA) is 38.0 Å². The molecule has 1 N–H and O–H groups in total. The van der Waals surface area contributed by atoms with Crippen molar-refractivity contribution in [1.29, 1.82) is 0 Å². The highest BCUT2D eigenvalue weighted by Gasteiger charge is 2.27. The Labute approximate surface area is 126 Å². The molecule has 0 spiro atoms. The Morgan fingerprint density at radius 3 is 2.68 bits per heavy atom. The van der Waals surface area contributed by atoms with Gasteiger partial charge in [0.1, 0.15) is 0 Å². The first-order chi connectivity index (χ1) is 8.81. The van der Waals surface area contributed by atoms with Crippen molar-refractivity contribution in [2.75, 3.05) is 0 Å². The van der Waals surface area contributed by atoms with Crippen LogP contribution in [-0.2, 0) is 19.1 Å². The van der Waals surface area contributed by atoms with Crippen LogP contribution < -0.4 is 0 Å². The molecule has 1 unspecified atom stereocenters. The van der Waals surface area contributed by atoms with E-state index in [0.717, 1.165) is 21.4 Å². The van der Waals surface area contributed by atoms with Crippen molar-refractivity contribution in [2.24, 2.45) is 7.05 Å². The lowest BCUT2D eigenvalue weighted by atomic mass is 9.91. The predicted molar refractivity (Wildman–Crippen MR) is 80.4 cm³/mol. The number of hydrogen-bond donors (Lipinski definition) is 1. The molecule has 102 valence electrons. The van der Waals surface area contributed by atoms with Crippen LogP contribution in [0.2, 0.25) is 5.02 Å². The van der Waals surface area contributed by atoms with E-state index in [1.807, 2.05) is 26.1 Å². The third kappa shape index (κ3) is 3.02. The first-order valence-corrected chi connectivity index (χ1v) is 7.15. The van der Waals surface area contributed by atoms with Gasteiger partial charge in [0.05, 0.1) is 21.5 Å². The monoisotopic (exact) mass is 342 g/mol. The Balaban J connectivity index is 2.36. The van der Waals surface area contributed by atoms with Crippen molar-refractivity contribution in [3.63, 3.8) is 0 Å². The number of nitrogens with zero attached hydrogens (tertiary/aromatic N) is 2. The Morgan fingerprint density at radius 1 is 1.47 bits per heavy atom. The summed E-state index contributed by atoms with van der Waals surface area (Å²) in [5.41, 5.74) is 1.68. The maximum atomic E-state index is 10.7. The molecule has 0 radical (unpaired) electrons. The SMILES string of the molecule is Cc1nn(C)c(CC(C)(O)c2cccc(Cl)c2)c1Br. The van der Waals surface area contributed by atoms with E-state index in [9.17, 15) is 5.11 Å². The molecule has 1 aromatic carbocycles. The van der Waals surface area contributed by atoms with E-state index >= 15 is 0 Å². The van der Waals surface area contributed by atoms with E-state index in [0.29, 0.717) is 11.4 Å². The number of rotatable bonds is 3. The molecule has 0 fully saturated rings. The average Bonchev–Trinajstić information content (AvgIpc) is 2.56. The molecule has 0 aliphatic carbocycles. The standard InChI is InChI=1S/C14H16BrClN2O/c1-9-13(15)12(18(3)17-9)8-14(2,19)10-5-4-6-11(16)7-10/h4-7,19H,8H2,1-3H3. The average molecular weight is 344 g/mol. The first kappa shape index (κ1) is 14.6. The Bertz CT molecular complexity index is 607. The quantitative estimate of drug-likeness (QED) is 0.925. The summed E-state index contributed by atoms with van der Waals surface area (Å²) >= 11 is 9.50. The molecule has 1 atom stereocenters. The molecule has 0 amide bonds. The highest BCUT2D eigenvalue weighted by atomic mass is 79.9. The van der Waals surface area contributed by atoms with E-state index in [4.69, 9.17) is 11.6 Å². The number of benzene rings is 1. The van der Waals surface area contributed by atoms with Crippen molar-refractivity contribution < 1.29 is 5.11 Å². The van der Waals surface area contributed by atoms with Crippen LogP contribution in [0.3, 0.4) is 0 Å². The van der Waals surface area contributed by atoms with Gasteiger partial charge in [0.2, 0.25) is 0 Å². The lowest BCUT2D eigenvalue weighted by Crippen LogP contribution is -2.25. The second-order valence-electron chi connectivity index (χ2n) is 4.93. The molecule has 0 saturated carbocycles. The molecule has 0 bridgehead atoms. The van der Waals surface area contributed by atoms with Crippen LogP contribution in [-0.4, -0.2) is 14.9 Å². The fraction of sp³-hybridized carbons (Fsp3) is 0.357. The van der Waals surface area contributed by atoms with Crippen molar-refractivity contribution in [3.8, 4) is 0 Å². The van der Waals surface area contributed by atoms with Crippen LogP contribution in [0, 0.1) is 6.92 Å². The van der Waals surface area contributed by atoms with Gasteiger partial charge in [-0.25, -0.2) is 0 Å². The van der Waals surface area contributed by atoms with Gasteiger partial charge >= 0.3 is 0 Å². The molecule has 2 aromatic rings. The molecule has 5 heteroatoms. The summed E-state index contributed by atoms with van der Waals surface area (Å²) in [6, 6.07) is 7.31. The van der Waals surface area contributed by atoms with Gasteiger partial charge < -0.3 is 5.11 Å². The van der Waals surface area contributed by atoms with Crippen LogP contribution in [0.25, 0.3) is 0 Å². The smallest absolute Gasteiger partial charge is 0.0924 e. The van der Waals surface area contributed by atoms with Crippen molar-refractivity contribution in [2.45, 2.75) is 25.9 Å². The molecule has 2 rings (SSSR count). The molecule has 1 aromatic heterocycles. The minimum atomic E-state index is -0.992. The second-order valence-corrected chi connectivity index (χ2v) is 6.16. The van der Waals surface area contributed by atoms with E-state index in [2.05, 4.69) is 21.0 Å². The van der Waals surface area contributed by atoms with Gasteiger partial charge in [0.15, 0.2) is 0 Å². The fourth-order valence-electron chi connectivity index (χ4n) is 2.12. The molecule has 0 aliphatic rings. The van der Waals surface area contributed by atoms with Gasteiger partial charge in [-0.15, -0.1) is 0 Å². The zero-order valence-electron chi connectivity index (χ0n) is 11.1. The minimum Gasteiger partial charge on any atom is -0.385 e. The lowest BCUT2D eigenvalue weighted by molar-refractivity contribution is 0.0554. The lowest BCUT2D eigenvalue weighted by Gasteiger charge is -2.24. The van der Waals surface area contributed by atoms with E-state index in [1.54, 1.807) is 23.7 Å². The number of aromatic nitrogens is 2. The molecule has 19 heavy (non-hydrogen) atoms. The van der Waals surface area contributed by atoms with Crippen LogP contribution in [0.5, 0.6) is 0 Å². The summed E-state index contributed by atoms with van der Waals surface area (Å²) in [6.07, 6.45) is 0.464. The first-order valence-electron chi connectivity index (χ1n) is 5.97. The molecular formula is C14H16BrClN2O. The summed E-state index contributed by atoms with van der Waals surface area (Å²) in [6.45, 7) is 3.72. The molecule has 3 nitrogen and oxygen atoms in total. The predicted octanol–water partition coefficient (Wildman–Crippen LogP) is 3.59. The van der Waals surface area contributed by atoms with Gasteiger partial charge in [0, 0.05) is 18.5 Å². The van der Waals surface area contributed by atoms with Crippen molar-refractivity contribution in [3.05, 3.63) is 50.7 Å². The number of hydrogen-bond acceptors (Lipinski definition) is 2. The third-order valence-corrected chi connectivity index (χ3v) is 4.49. The van der Waals surface area contributed by atoms with Gasteiger partial charge in [0.25, 0.3) is 0 Å². The summed E-state index contributed by atoms with van der Waals surface area (Å²) in [5, 5.41) is 15.7. The van der Waals surface area contributed by atoms with E-state index in [-0.39, 0.29) is 0 Å². The third-order valence-electron chi connectivity index (χ3n) is 3.22. The van der Waals surface area contributed by atoms with Crippen LogP contribution in [0.15, 0.2) is 28.7 Å². The van der Waals surface area contributed by atoms with E-state index in [1.165, 1.54) is 0 Å². The van der Waals surface area contributed by atoms with Gasteiger partial charge in [-0.2, -0.15) is 5.10 Å². The fourth-order valence-corrected chi connectivity index (χ4v) is 2.79. The largest absolute Gasteiger partial charge is 0.385 e. The van der Waals surface area contributed by atoms with Gasteiger partial charge in [-0.1, -0.05) is 23.7 Å². The Morgan fingerprint density at radius 2 is 2.16 bits per heavy atom. The molecular weight excluding hydrogens is 328 g/mol. The van der Waals surface area contributed by atoms with Gasteiger partial charge in [-0.05, 0) is 47.5 Å².